The molecule has 1 aromatic rings. The van der Waals surface area contributed by atoms with E-state index in [-0.39, 0.29) is 11.5 Å². The van der Waals surface area contributed by atoms with Gasteiger partial charge in [0.05, 0.1) is 12.8 Å². The summed E-state index contributed by atoms with van der Waals surface area (Å²) in [7, 11) is 1.70. The fourth-order valence-corrected chi connectivity index (χ4v) is 6.21. The fraction of sp³-hybridized carbons (Fsp3) is 0.714. The molecule has 0 aromatic heterocycles. The monoisotopic (exact) mass is 345 g/mol. The number of aromatic hydroxyl groups is 1. The molecule has 0 bridgehead atoms. The Labute approximate surface area is 150 Å². The maximum Gasteiger partial charge on any atom is 0.115 e. The first-order valence-electron chi connectivity index (χ1n) is 9.75. The minimum atomic E-state index is -0.135. The average Bonchev–Trinajstić information content (AvgIpc) is 2.90. The summed E-state index contributed by atoms with van der Waals surface area (Å²) in [6.07, 6.45) is 5.40. The Morgan fingerprint density at radius 3 is 2.88 bits per heavy atom. The topological polar surface area (TPSA) is 61.7 Å². The van der Waals surface area contributed by atoms with Crippen LogP contribution in [-0.4, -0.2) is 36.7 Å². The quantitative estimate of drug-likeness (QED) is 0.578. The van der Waals surface area contributed by atoms with Crippen LogP contribution in [0.25, 0.3) is 0 Å². The highest BCUT2D eigenvalue weighted by atomic mass is 16.5. The number of ether oxygens (including phenoxy) is 1. The standard InChI is InChI=1S/C21H31NO3/c1-21-8-7-16-15-4-3-14(23)10-17(15)13(11-22-12-25-2)9-18(16)19(21)5-6-20(21)24/h3-4,10,13,16,18-20,22-24H,5-9,11-12H2,1-2H3/t13-,16+,18+,19-,20-,21-/m0/s1. The lowest BCUT2D eigenvalue weighted by atomic mass is 9.54. The van der Waals surface area contributed by atoms with E-state index in [2.05, 4.69) is 18.3 Å². The van der Waals surface area contributed by atoms with Gasteiger partial charge in [-0.05, 0) is 84.5 Å². The van der Waals surface area contributed by atoms with Crippen LogP contribution in [0.5, 0.6) is 5.75 Å². The van der Waals surface area contributed by atoms with Gasteiger partial charge in [0.1, 0.15) is 5.75 Å². The minimum Gasteiger partial charge on any atom is -0.508 e. The molecule has 0 heterocycles. The van der Waals surface area contributed by atoms with Gasteiger partial charge in [0.15, 0.2) is 0 Å². The van der Waals surface area contributed by atoms with Gasteiger partial charge in [0, 0.05) is 13.7 Å². The normalized spacial score (nSPS) is 39.6. The van der Waals surface area contributed by atoms with Crippen LogP contribution in [0.4, 0.5) is 0 Å². The van der Waals surface area contributed by atoms with Gasteiger partial charge in [0.25, 0.3) is 0 Å². The zero-order chi connectivity index (χ0) is 17.6. The van der Waals surface area contributed by atoms with Crippen molar-refractivity contribution >= 4 is 0 Å². The third kappa shape index (κ3) is 2.79. The largest absolute Gasteiger partial charge is 0.508 e. The number of hydrogen-bond donors (Lipinski definition) is 3. The lowest BCUT2D eigenvalue weighted by molar-refractivity contribution is -0.0251. The zero-order valence-corrected chi connectivity index (χ0v) is 15.4. The number of methoxy groups -OCH3 is 1. The van der Waals surface area contributed by atoms with Crippen molar-refractivity contribution < 1.29 is 14.9 Å². The Morgan fingerprint density at radius 1 is 1.24 bits per heavy atom. The molecule has 0 saturated heterocycles. The van der Waals surface area contributed by atoms with Gasteiger partial charge in [-0.2, -0.15) is 0 Å². The van der Waals surface area contributed by atoms with E-state index in [1.807, 2.05) is 12.1 Å². The number of phenolic OH excluding ortho intramolecular Hbond substituents is 1. The lowest BCUT2D eigenvalue weighted by Gasteiger charge is -2.51. The van der Waals surface area contributed by atoms with E-state index in [4.69, 9.17) is 4.74 Å². The van der Waals surface area contributed by atoms with Gasteiger partial charge in [-0.1, -0.05) is 13.0 Å². The molecule has 6 atom stereocenters. The summed E-state index contributed by atoms with van der Waals surface area (Å²) in [5.74, 6) is 2.61. The average molecular weight is 345 g/mol. The van der Waals surface area contributed by atoms with Gasteiger partial charge in [-0.3, -0.25) is 5.32 Å². The SMILES string of the molecule is COCNC[C@@H]1C[C@@H]2[C@H](CC[C@]3(C)[C@@H](O)CC[C@@H]23)c2ccc(O)cc21. The molecular formula is C21H31NO3. The smallest absolute Gasteiger partial charge is 0.115 e. The van der Waals surface area contributed by atoms with Crippen LogP contribution >= 0.6 is 0 Å². The molecule has 3 aliphatic rings. The molecule has 2 fully saturated rings. The number of aliphatic hydroxyl groups excluding tert-OH is 1. The third-order valence-corrected chi connectivity index (χ3v) is 7.49. The van der Waals surface area contributed by atoms with Crippen LogP contribution < -0.4 is 5.32 Å². The van der Waals surface area contributed by atoms with Crippen LogP contribution in [0, 0.1) is 17.3 Å². The Kier molecular flexibility index (Phi) is 4.55. The van der Waals surface area contributed by atoms with E-state index in [0.29, 0.717) is 36.2 Å². The van der Waals surface area contributed by atoms with Gasteiger partial charge in [-0.15, -0.1) is 0 Å². The number of rotatable bonds is 4. The Hall–Kier alpha value is -1.10. The van der Waals surface area contributed by atoms with E-state index < -0.39 is 0 Å². The molecular weight excluding hydrogens is 314 g/mol. The van der Waals surface area contributed by atoms with Crippen molar-refractivity contribution in [1.82, 2.24) is 5.32 Å². The highest BCUT2D eigenvalue weighted by molar-refractivity contribution is 5.42. The number of nitrogens with one attached hydrogen (secondary N) is 1. The van der Waals surface area contributed by atoms with E-state index in [0.717, 1.165) is 38.6 Å². The predicted octanol–water partition coefficient (Wildman–Crippen LogP) is 3.34. The summed E-state index contributed by atoms with van der Waals surface area (Å²) in [5, 5.41) is 24.0. The molecule has 0 spiro atoms. The first-order valence-corrected chi connectivity index (χ1v) is 9.75. The molecule has 0 aliphatic heterocycles. The molecule has 0 radical (unpaired) electrons. The Morgan fingerprint density at radius 2 is 2.08 bits per heavy atom. The maximum absolute atomic E-state index is 10.6. The highest BCUT2D eigenvalue weighted by Crippen LogP contribution is 2.62. The second-order valence-electron chi connectivity index (χ2n) is 8.65. The summed E-state index contributed by atoms with van der Waals surface area (Å²) >= 11 is 0. The molecule has 2 saturated carbocycles. The number of benzene rings is 1. The molecule has 3 N–H and O–H groups in total. The van der Waals surface area contributed by atoms with Crippen molar-refractivity contribution in [3.63, 3.8) is 0 Å². The van der Waals surface area contributed by atoms with Crippen LogP contribution in [0.1, 0.15) is 62.0 Å². The van der Waals surface area contributed by atoms with Crippen molar-refractivity contribution in [2.24, 2.45) is 17.3 Å². The van der Waals surface area contributed by atoms with Gasteiger partial charge in [0.2, 0.25) is 0 Å². The van der Waals surface area contributed by atoms with E-state index >= 15 is 0 Å². The molecule has 4 nitrogen and oxygen atoms in total. The molecule has 0 unspecified atom stereocenters. The van der Waals surface area contributed by atoms with Gasteiger partial charge < -0.3 is 14.9 Å². The molecule has 4 rings (SSSR count). The van der Waals surface area contributed by atoms with Crippen LogP contribution in [0.3, 0.4) is 0 Å². The molecule has 25 heavy (non-hydrogen) atoms. The van der Waals surface area contributed by atoms with Crippen LogP contribution in [-0.2, 0) is 4.74 Å². The summed E-state index contributed by atoms with van der Waals surface area (Å²) in [6.45, 7) is 3.74. The second kappa shape index (κ2) is 6.57. The molecule has 0 amide bonds. The number of aliphatic hydroxyl groups is 1. The zero-order valence-electron chi connectivity index (χ0n) is 15.4. The summed E-state index contributed by atoms with van der Waals surface area (Å²) < 4.78 is 5.16. The van der Waals surface area contributed by atoms with Gasteiger partial charge >= 0.3 is 0 Å². The lowest BCUT2D eigenvalue weighted by Crippen LogP contribution is -2.45. The van der Waals surface area contributed by atoms with Crippen LogP contribution in [0.15, 0.2) is 18.2 Å². The number of phenols is 1. The van der Waals surface area contributed by atoms with Crippen molar-refractivity contribution in [1.29, 1.82) is 0 Å². The van der Waals surface area contributed by atoms with E-state index in [1.54, 1.807) is 7.11 Å². The fourth-order valence-electron chi connectivity index (χ4n) is 6.21. The second-order valence-corrected chi connectivity index (χ2v) is 8.65. The first-order chi connectivity index (χ1) is 12.0. The van der Waals surface area contributed by atoms with Crippen molar-refractivity contribution in [2.45, 2.75) is 57.0 Å². The highest BCUT2D eigenvalue weighted by Gasteiger charge is 2.55. The summed E-state index contributed by atoms with van der Waals surface area (Å²) in [6, 6.07) is 5.97. The minimum absolute atomic E-state index is 0.0973. The summed E-state index contributed by atoms with van der Waals surface area (Å²) in [5.41, 5.74) is 2.84. The van der Waals surface area contributed by atoms with Crippen LogP contribution in [0.2, 0.25) is 0 Å². The first kappa shape index (κ1) is 17.3. The van der Waals surface area contributed by atoms with Gasteiger partial charge in [-0.25, -0.2) is 0 Å². The Bertz CT molecular complexity index is 634. The summed E-state index contributed by atoms with van der Waals surface area (Å²) in [4.78, 5) is 0. The molecule has 1 aromatic carbocycles. The molecule has 4 heteroatoms. The predicted molar refractivity (Wildman–Crippen MR) is 97.6 cm³/mol. The maximum atomic E-state index is 10.6. The number of fused-ring (bicyclic) bond motifs is 5. The van der Waals surface area contributed by atoms with Crippen molar-refractivity contribution in [3.8, 4) is 5.75 Å². The van der Waals surface area contributed by atoms with E-state index in [9.17, 15) is 10.2 Å². The van der Waals surface area contributed by atoms with Crippen molar-refractivity contribution in [2.75, 3.05) is 20.4 Å². The van der Waals surface area contributed by atoms with Crippen molar-refractivity contribution in [3.05, 3.63) is 29.3 Å². The molecule has 3 aliphatic carbocycles. The number of hydrogen-bond acceptors (Lipinski definition) is 4. The van der Waals surface area contributed by atoms with E-state index in [1.165, 1.54) is 11.1 Å². The third-order valence-electron chi connectivity index (χ3n) is 7.49. The molecule has 138 valence electrons. The Balaban J connectivity index is 1.67.